The van der Waals surface area contributed by atoms with Crippen molar-refractivity contribution in [1.82, 2.24) is 0 Å². The van der Waals surface area contributed by atoms with E-state index in [0.717, 1.165) is 27.6 Å². The number of fused-ring (bicyclic) bond motifs is 5. The summed E-state index contributed by atoms with van der Waals surface area (Å²) in [7, 11) is 0. The number of para-hydroxylation sites is 1. The summed E-state index contributed by atoms with van der Waals surface area (Å²) in [5, 5.41) is 11.5. The third kappa shape index (κ3) is 1.44. The summed E-state index contributed by atoms with van der Waals surface area (Å²) in [4.78, 5) is 0. The molecule has 0 radical (unpaired) electrons. The second-order valence-corrected chi connectivity index (χ2v) is 4.90. The van der Waals surface area contributed by atoms with E-state index in [2.05, 4.69) is 18.2 Å². The van der Waals surface area contributed by atoms with E-state index in [-0.39, 0.29) is 0 Å². The maximum absolute atomic E-state index is 9.34. The van der Waals surface area contributed by atoms with Gasteiger partial charge in [0.1, 0.15) is 12.4 Å². The van der Waals surface area contributed by atoms with E-state index < -0.39 is 0 Å². The minimum atomic E-state index is 0.520. The molecular formula is C18H11NO. The van der Waals surface area contributed by atoms with Crippen molar-refractivity contribution < 1.29 is 4.74 Å². The quantitative estimate of drug-likeness (QED) is 0.602. The van der Waals surface area contributed by atoms with Gasteiger partial charge in [0.15, 0.2) is 0 Å². The molecule has 2 heteroatoms. The van der Waals surface area contributed by atoms with E-state index in [0.29, 0.717) is 12.2 Å². The van der Waals surface area contributed by atoms with E-state index in [1.807, 2.05) is 42.5 Å². The van der Waals surface area contributed by atoms with Crippen molar-refractivity contribution in [1.29, 1.82) is 5.26 Å². The van der Waals surface area contributed by atoms with Gasteiger partial charge in [-0.2, -0.15) is 5.26 Å². The Morgan fingerprint density at radius 3 is 2.55 bits per heavy atom. The molecule has 0 saturated heterocycles. The van der Waals surface area contributed by atoms with E-state index >= 15 is 0 Å². The molecule has 3 aromatic carbocycles. The normalized spacial score (nSPS) is 12.2. The maximum atomic E-state index is 9.34. The first-order valence-corrected chi connectivity index (χ1v) is 6.55. The molecule has 0 fully saturated rings. The van der Waals surface area contributed by atoms with Crippen LogP contribution in [0.4, 0.5) is 0 Å². The Morgan fingerprint density at radius 1 is 0.950 bits per heavy atom. The lowest BCUT2D eigenvalue weighted by Gasteiger charge is -2.22. The molecule has 3 aromatic rings. The molecule has 20 heavy (non-hydrogen) atoms. The molecule has 0 N–H and O–H groups in total. The van der Waals surface area contributed by atoms with Gasteiger partial charge in [-0.05, 0) is 28.6 Å². The summed E-state index contributed by atoms with van der Waals surface area (Å²) in [6.07, 6.45) is 0. The molecule has 0 saturated carbocycles. The van der Waals surface area contributed by atoms with Crippen LogP contribution < -0.4 is 4.74 Å². The van der Waals surface area contributed by atoms with Gasteiger partial charge in [-0.1, -0.05) is 42.5 Å². The van der Waals surface area contributed by atoms with Gasteiger partial charge in [-0.3, -0.25) is 0 Å². The summed E-state index contributed by atoms with van der Waals surface area (Å²) in [6.45, 7) is 0.520. The van der Waals surface area contributed by atoms with Crippen molar-refractivity contribution in [2.24, 2.45) is 0 Å². The molecule has 2 nitrogen and oxygen atoms in total. The summed E-state index contributed by atoms with van der Waals surface area (Å²) in [5.74, 6) is 0.912. The second kappa shape index (κ2) is 4.11. The average molecular weight is 257 g/mol. The van der Waals surface area contributed by atoms with E-state index in [9.17, 15) is 5.26 Å². The van der Waals surface area contributed by atoms with Crippen LogP contribution in [0.3, 0.4) is 0 Å². The lowest BCUT2D eigenvalue weighted by molar-refractivity contribution is 0.302. The smallest absolute Gasteiger partial charge is 0.127 e. The van der Waals surface area contributed by atoms with Gasteiger partial charge in [-0.15, -0.1) is 0 Å². The molecule has 0 aromatic heterocycles. The van der Waals surface area contributed by atoms with Gasteiger partial charge in [0.05, 0.1) is 11.6 Å². The number of rotatable bonds is 0. The van der Waals surface area contributed by atoms with Crippen molar-refractivity contribution in [3.63, 3.8) is 0 Å². The van der Waals surface area contributed by atoms with Crippen molar-refractivity contribution in [3.05, 3.63) is 65.7 Å². The van der Waals surface area contributed by atoms with Gasteiger partial charge >= 0.3 is 0 Å². The Bertz CT molecular complexity index is 874. The largest absolute Gasteiger partial charge is 0.488 e. The Balaban J connectivity index is 2.18. The summed E-state index contributed by atoms with van der Waals surface area (Å²) < 4.78 is 5.79. The van der Waals surface area contributed by atoms with Crippen LogP contribution in [-0.2, 0) is 6.61 Å². The van der Waals surface area contributed by atoms with Crippen molar-refractivity contribution in [2.75, 3.05) is 0 Å². The summed E-state index contributed by atoms with van der Waals surface area (Å²) >= 11 is 0. The first-order valence-electron chi connectivity index (χ1n) is 6.55. The number of nitrogens with zero attached hydrogens (tertiary/aromatic N) is 1. The average Bonchev–Trinajstić information content (AvgIpc) is 2.53. The van der Waals surface area contributed by atoms with Crippen LogP contribution in [0.15, 0.2) is 54.6 Å². The van der Waals surface area contributed by atoms with Crippen molar-refractivity contribution in [2.45, 2.75) is 6.61 Å². The molecule has 0 aliphatic carbocycles. The Morgan fingerprint density at radius 2 is 1.70 bits per heavy atom. The lowest BCUT2D eigenvalue weighted by Crippen LogP contribution is -2.06. The number of hydrogen-bond donors (Lipinski definition) is 0. The fourth-order valence-electron chi connectivity index (χ4n) is 2.91. The Hall–Kier alpha value is -2.79. The number of ether oxygens (including phenoxy) is 1. The first kappa shape index (κ1) is 11.1. The first-order chi connectivity index (χ1) is 9.88. The van der Waals surface area contributed by atoms with Crippen LogP contribution in [0.5, 0.6) is 5.75 Å². The fourth-order valence-corrected chi connectivity index (χ4v) is 2.91. The molecule has 1 aliphatic heterocycles. The van der Waals surface area contributed by atoms with Gasteiger partial charge < -0.3 is 4.74 Å². The third-order valence-electron chi connectivity index (χ3n) is 3.79. The second-order valence-electron chi connectivity index (χ2n) is 4.90. The zero-order valence-electron chi connectivity index (χ0n) is 10.8. The predicted molar refractivity (Wildman–Crippen MR) is 78.4 cm³/mol. The van der Waals surface area contributed by atoms with E-state index in [1.165, 1.54) is 5.56 Å². The Kier molecular flexibility index (Phi) is 2.27. The van der Waals surface area contributed by atoms with Crippen LogP contribution in [0.1, 0.15) is 11.1 Å². The molecule has 0 atom stereocenters. The molecule has 0 spiro atoms. The highest BCUT2D eigenvalue weighted by Crippen LogP contribution is 2.42. The topological polar surface area (TPSA) is 33.0 Å². The minimum Gasteiger partial charge on any atom is -0.488 e. The van der Waals surface area contributed by atoms with Crippen molar-refractivity contribution >= 4 is 10.8 Å². The van der Waals surface area contributed by atoms with Crippen LogP contribution in [-0.4, -0.2) is 0 Å². The standard InChI is InChI=1S/C18H11NO/c19-10-12-9-13-11-20-17-8-4-3-7-16(17)18(13)15-6-2-1-5-14(12)15/h1-9H,11H2. The van der Waals surface area contributed by atoms with Crippen LogP contribution in [0.25, 0.3) is 21.9 Å². The lowest BCUT2D eigenvalue weighted by atomic mass is 9.89. The van der Waals surface area contributed by atoms with Gasteiger partial charge in [0, 0.05) is 10.9 Å². The molecule has 1 heterocycles. The molecule has 94 valence electrons. The zero-order chi connectivity index (χ0) is 13.5. The summed E-state index contributed by atoms with van der Waals surface area (Å²) in [6, 6.07) is 20.4. The molecule has 1 aliphatic rings. The zero-order valence-corrected chi connectivity index (χ0v) is 10.8. The van der Waals surface area contributed by atoms with E-state index in [1.54, 1.807) is 0 Å². The highest BCUT2D eigenvalue weighted by Gasteiger charge is 2.20. The molecule has 0 amide bonds. The van der Waals surface area contributed by atoms with Crippen LogP contribution in [0, 0.1) is 11.3 Å². The van der Waals surface area contributed by atoms with Gasteiger partial charge in [-0.25, -0.2) is 0 Å². The van der Waals surface area contributed by atoms with Gasteiger partial charge in [0.2, 0.25) is 0 Å². The summed E-state index contributed by atoms with van der Waals surface area (Å²) in [5.41, 5.74) is 4.09. The highest BCUT2D eigenvalue weighted by molar-refractivity contribution is 6.02. The molecule has 0 bridgehead atoms. The van der Waals surface area contributed by atoms with Gasteiger partial charge in [0.25, 0.3) is 0 Å². The highest BCUT2D eigenvalue weighted by atomic mass is 16.5. The molecular weight excluding hydrogens is 246 g/mol. The SMILES string of the molecule is N#Cc1cc2c(c3ccccc13)-c1ccccc1OC2. The number of hydrogen-bond acceptors (Lipinski definition) is 2. The minimum absolute atomic E-state index is 0.520. The molecule has 0 unspecified atom stereocenters. The van der Waals surface area contributed by atoms with Crippen LogP contribution in [0.2, 0.25) is 0 Å². The Labute approximate surface area is 116 Å². The molecule has 4 rings (SSSR count). The number of benzene rings is 3. The number of nitriles is 1. The van der Waals surface area contributed by atoms with Crippen LogP contribution >= 0.6 is 0 Å². The maximum Gasteiger partial charge on any atom is 0.127 e. The predicted octanol–water partition coefficient (Wildman–Crippen LogP) is 4.27. The fraction of sp³-hybridized carbons (Fsp3) is 0.0556. The van der Waals surface area contributed by atoms with Crippen molar-refractivity contribution in [3.8, 4) is 22.9 Å². The van der Waals surface area contributed by atoms with E-state index in [4.69, 9.17) is 4.74 Å². The third-order valence-corrected chi connectivity index (χ3v) is 3.79. The monoisotopic (exact) mass is 257 g/mol.